The lowest BCUT2D eigenvalue weighted by Gasteiger charge is -2.39. The number of halogens is 1. The molecule has 1 amide bonds. The minimum Gasteiger partial charge on any atom is -0.491 e. The van der Waals surface area contributed by atoms with Crippen molar-refractivity contribution in [2.24, 2.45) is 0 Å². The molecule has 2 aromatic heterocycles. The van der Waals surface area contributed by atoms with Crippen molar-refractivity contribution in [3.05, 3.63) is 93.4 Å². The molecule has 8 heteroatoms. The highest BCUT2D eigenvalue weighted by Gasteiger charge is 2.43. The number of nitrogens with one attached hydrogen (secondary N) is 1. The van der Waals surface area contributed by atoms with E-state index in [1.54, 1.807) is 44.3 Å². The molecule has 166 valence electrons. The van der Waals surface area contributed by atoms with Crippen molar-refractivity contribution >= 4 is 5.91 Å². The average molecular weight is 437 g/mol. The molecule has 32 heavy (non-hydrogen) atoms. The fourth-order valence-electron chi connectivity index (χ4n) is 3.95. The van der Waals surface area contributed by atoms with Crippen LogP contribution < -0.4 is 15.6 Å². The summed E-state index contributed by atoms with van der Waals surface area (Å²) in [5.74, 6) is -0.325. The minimum atomic E-state index is -1.12. The van der Waals surface area contributed by atoms with Crippen LogP contribution in [0, 0.1) is 12.7 Å². The summed E-state index contributed by atoms with van der Waals surface area (Å²) in [4.78, 5) is 29.9. The second-order valence-corrected chi connectivity index (χ2v) is 8.03. The maximum Gasteiger partial charge on any atom is 0.253 e. The van der Waals surface area contributed by atoms with Crippen molar-refractivity contribution in [2.45, 2.75) is 38.5 Å². The van der Waals surface area contributed by atoms with E-state index in [-0.39, 0.29) is 23.5 Å². The first-order chi connectivity index (χ1) is 15.3. The number of fused-ring (bicyclic) bond motifs is 1. The van der Waals surface area contributed by atoms with Gasteiger partial charge in [0.1, 0.15) is 22.8 Å². The Hall–Kier alpha value is -3.52. The van der Waals surface area contributed by atoms with Crippen LogP contribution in [0.15, 0.2) is 59.7 Å². The van der Waals surface area contributed by atoms with Gasteiger partial charge >= 0.3 is 0 Å². The fraction of sp³-hybridized carbons (Fsp3) is 0.292. The van der Waals surface area contributed by atoms with Gasteiger partial charge in [0.2, 0.25) is 0 Å². The fourth-order valence-corrected chi connectivity index (χ4v) is 3.95. The molecule has 3 heterocycles. The van der Waals surface area contributed by atoms with Gasteiger partial charge < -0.3 is 19.7 Å². The zero-order valence-electron chi connectivity index (χ0n) is 17.8. The maximum absolute atomic E-state index is 14.5. The van der Waals surface area contributed by atoms with Crippen molar-refractivity contribution in [2.75, 3.05) is 6.61 Å². The van der Waals surface area contributed by atoms with Gasteiger partial charge in [0, 0.05) is 24.9 Å². The molecule has 0 bridgehead atoms. The standard InChI is InChI=1S/C24H24FN3O4/c1-15-5-7-18(12-19(15)25)24(9-11-32-20-4-3-10-26-22(20)24)27-23(31)17-6-8-21(30)28(14-17)13-16(2)29/h3-8,10,12,14,16,29H,9,11,13H2,1-2H3,(H,27,31)/t16-,24+/m1/s1. The van der Waals surface area contributed by atoms with Gasteiger partial charge in [0.15, 0.2) is 0 Å². The Morgan fingerprint density at radius 3 is 2.91 bits per heavy atom. The first-order valence-corrected chi connectivity index (χ1v) is 10.4. The van der Waals surface area contributed by atoms with Gasteiger partial charge in [0.25, 0.3) is 11.5 Å². The summed E-state index contributed by atoms with van der Waals surface area (Å²) in [6, 6.07) is 11.1. The number of nitrogens with zero attached hydrogens (tertiary/aromatic N) is 2. The molecule has 7 nitrogen and oxygen atoms in total. The number of aliphatic hydroxyl groups excluding tert-OH is 1. The van der Waals surface area contributed by atoms with Crippen LogP contribution in [0.4, 0.5) is 4.39 Å². The van der Waals surface area contributed by atoms with Crippen LogP contribution in [0.5, 0.6) is 5.75 Å². The summed E-state index contributed by atoms with van der Waals surface area (Å²) in [5, 5.41) is 12.7. The smallest absolute Gasteiger partial charge is 0.253 e. The summed E-state index contributed by atoms with van der Waals surface area (Å²) >= 11 is 0. The molecule has 1 aliphatic heterocycles. The number of aryl methyl sites for hydroxylation is 1. The normalized spacial score (nSPS) is 18.4. The van der Waals surface area contributed by atoms with Gasteiger partial charge in [-0.25, -0.2) is 4.39 Å². The average Bonchev–Trinajstić information content (AvgIpc) is 2.77. The number of carbonyl (C=O) groups excluding carboxylic acids is 1. The Labute approximate surface area is 184 Å². The Morgan fingerprint density at radius 1 is 1.34 bits per heavy atom. The SMILES string of the molecule is Cc1ccc([C@@]2(NC(=O)c3ccc(=O)n(C[C@@H](C)O)c3)CCOc3cccnc32)cc1F. The molecular formula is C24H24FN3O4. The number of carbonyl (C=O) groups is 1. The van der Waals surface area contributed by atoms with Gasteiger partial charge in [-0.3, -0.25) is 14.6 Å². The van der Waals surface area contributed by atoms with Crippen molar-refractivity contribution in [3.63, 3.8) is 0 Å². The second kappa shape index (κ2) is 8.55. The Kier molecular flexibility index (Phi) is 5.80. The van der Waals surface area contributed by atoms with E-state index in [0.29, 0.717) is 35.6 Å². The first-order valence-electron chi connectivity index (χ1n) is 10.4. The summed E-state index contributed by atoms with van der Waals surface area (Å²) in [6.45, 7) is 3.60. The van der Waals surface area contributed by atoms with E-state index in [1.807, 2.05) is 0 Å². The van der Waals surface area contributed by atoms with E-state index in [4.69, 9.17) is 4.74 Å². The predicted octanol–water partition coefficient (Wildman–Crippen LogP) is 2.53. The maximum atomic E-state index is 14.5. The van der Waals surface area contributed by atoms with E-state index in [2.05, 4.69) is 10.3 Å². The number of aromatic nitrogens is 2. The third-order valence-electron chi connectivity index (χ3n) is 5.61. The van der Waals surface area contributed by atoms with E-state index >= 15 is 0 Å². The Morgan fingerprint density at radius 2 is 2.16 bits per heavy atom. The molecular weight excluding hydrogens is 413 g/mol. The number of benzene rings is 1. The molecule has 4 rings (SSSR count). The number of hydrogen-bond donors (Lipinski definition) is 2. The number of hydrogen-bond acceptors (Lipinski definition) is 5. The second-order valence-electron chi connectivity index (χ2n) is 8.03. The zero-order chi connectivity index (χ0) is 22.9. The van der Waals surface area contributed by atoms with E-state index in [9.17, 15) is 19.1 Å². The van der Waals surface area contributed by atoms with Crippen molar-refractivity contribution in [1.29, 1.82) is 0 Å². The van der Waals surface area contributed by atoms with Crippen molar-refractivity contribution < 1.29 is 19.0 Å². The van der Waals surface area contributed by atoms with Gasteiger partial charge in [0.05, 0.1) is 24.8 Å². The molecule has 0 spiro atoms. The molecule has 3 aromatic rings. The molecule has 0 radical (unpaired) electrons. The lowest BCUT2D eigenvalue weighted by molar-refractivity contribution is 0.0881. The predicted molar refractivity (Wildman–Crippen MR) is 116 cm³/mol. The molecule has 2 N–H and O–H groups in total. The monoisotopic (exact) mass is 437 g/mol. The lowest BCUT2D eigenvalue weighted by atomic mass is 9.80. The highest BCUT2D eigenvalue weighted by Crippen LogP contribution is 2.41. The van der Waals surface area contributed by atoms with Crippen LogP contribution in [0.2, 0.25) is 0 Å². The molecule has 0 fully saturated rings. The van der Waals surface area contributed by atoms with E-state index in [0.717, 1.165) is 0 Å². The van der Waals surface area contributed by atoms with Crippen LogP contribution in [0.3, 0.4) is 0 Å². The summed E-state index contributed by atoms with van der Waals surface area (Å²) in [7, 11) is 0. The lowest BCUT2D eigenvalue weighted by Crippen LogP contribution is -2.50. The third-order valence-corrected chi connectivity index (χ3v) is 5.61. The van der Waals surface area contributed by atoms with Crippen LogP contribution in [0.25, 0.3) is 0 Å². The van der Waals surface area contributed by atoms with Gasteiger partial charge in [-0.1, -0.05) is 12.1 Å². The molecule has 0 saturated carbocycles. The van der Waals surface area contributed by atoms with Crippen LogP contribution in [-0.4, -0.2) is 33.3 Å². The van der Waals surface area contributed by atoms with E-state index in [1.165, 1.54) is 29.0 Å². The van der Waals surface area contributed by atoms with Crippen LogP contribution >= 0.6 is 0 Å². The molecule has 1 aliphatic rings. The zero-order valence-corrected chi connectivity index (χ0v) is 17.8. The van der Waals surface area contributed by atoms with Crippen LogP contribution in [0.1, 0.15) is 40.5 Å². The number of amides is 1. The quantitative estimate of drug-likeness (QED) is 0.640. The highest BCUT2D eigenvalue weighted by molar-refractivity contribution is 5.94. The highest BCUT2D eigenvalue weighted by atomic mass is 19.1. The number of pyridine rings is 2. The summed E-state index contributed by atoms with van der Waals surface area (Å²) < 4.78 is 21.6. The van der Waals surface area contributed by atoms with E-state index < -0.39 is 17.6 Å². The van der Waals surface area contributed by atoms with Gasteiger partial charge in [-0.15, -0.1) is 0 Å². The first kappa shape index (κ1) is 21.7. The van der Waals surface area contributed by atoms with Gasteiger partial charge in [-0.2, -0.15) is 0 Å². The largest absolute Gasteiger partial charge is 0.491 e. The Bertz CT molecular complexity index is 1220. The molecule has 0 saturated heterocycles. The molecule has 0 aliphatic carbocycles. The molecule has 0 unspecified atom stereocenters. The minimum absolute atomic E-state index is 0.0620. The molecule has 2 atom stereocenters. The topological polar surface area (TPSA) is 93.5 Å². The van der Waals surface area contributed by atoms with Crippen molar-refractivity contribution in [1.82, 2.24) is 14.9 Å². The third kappa shape index (κ3) is 4.01. The molecule has 1 aromatic carbocycles. The van der Waals surface area contributed by atoms with Crippen LogP contribution in [-0.2, 0) is 12.1 Å². The van der Waals surface area contributed by atoms with Gasteiger partial charge in [-0.05, 0) is 49.2 Å². The van der Waals surface area contributed by atoms with Crippen molar-refractivity contribution in [3.8, 4) is 5.75 Å². The summed E-state index contributed by atoms with van der Waals surface area (Å²) in [5.41, 5.74) is 0.325. The number of aliphatic hydroxyl groups is 1. The number of ether oxygens (including phenoxy) is 1. The summed E-state index contributed by atoms with van der Waals surface area (Å²) in [6.07, 6.45) is 2.60. The number of rotatable bonds is 5. The Balaban J connectivity index is 1.80.